The second-order valence-electron chi connectivity index (χ2n) is 8.46. The number of aromatic nitrogens is 4. The van der Waals surface area contributed by atoms with E-state index < -0.39 is 56.3 Å². The second-order valence-corrected chi connectivity index (χ2v) is 10.4. The number of nitrogens with zero attached hydrogens (tertiary/aromatic N) is 4. The van der Waals surface area contributed by atoms with Gasteiger partial charge in [-0.3, -0.25) is 23.7 Å². The van der Waals surface area contributed by atoms with Crippen molar-refractivity contribution in [2.75, 3.05) is 18.9 Å². The predicted octanol–water partition coefficient (Wildman–Crippen LogP) is 1.21. The number of carbonyl (C=O) groups is 1. The summed E-state index contributed by atoms with van der Waals surface area (Å²) in [6.45, 7) is 2.52. The lowest BCUT2D eigenvalue weighted by Gasteiger charge is -2.32. The third-order valence-corrected chi connectivity index (χ3v) is 8.27. The number of nitrogen functional groups attached to an aromatic ring is 1. The van der Waals surface area contributed by atoms with Crippen LogP contribution >= 0.6 is 7.75 Å². The minimum absolute atomic E-state index is 0.00484. The summed E-state index contributed by atoms with van der Waals surface area (Å²) in [6.07, 6.45) is 3.55. The van der Waals surface area contributed by atoms with Gasteiger partial charge in [0.2, 0.25) is 5.95 Å². The number of para-hydroxylation sites is 1. The first-order valence-electron chi connectivity index (χ1n) is 11.6. The van der Waals surface area contributed by atoms with Crippen LogP contribution in [0.4, 0.5) is 5.95 Å². The molecule has 2 aromatic heterocycles. The Kier molecular flexibility index (Phi) is 7.86. The number of nitrogens with two attached hydrogens (primary N) is 1. The number of H-pyrrole nitrogens is 1. The van der Waals surface area contributed by atoms with Crippen LogP contribution in [0.25, 0.3) is 11.2 Å². The first-order valence-corrected chi connectivity index (χ1v) is 13.1. The van der Waals surface area contributed by atoms with Crippen molar-refractivity contribution in [3.05, 3.63) is 47.0 Å². The molecule has 1 fully saturated rings. The molecule has 202 valence electrons. The maximum atomic E-state index is 14.0. The molecule has 1 unspecified atom stereocenters. The molecule has 1 aliphatic heterocycles. The smallest absolute Gasteiger partial charge is 0.462 e. The zero-order valence-electron chi connectivity index (χ0n) is 20.5. The molecule has 0 aliphatic carbocycles. The largest absolute Gasteiger partial charge is 0.480 e. The Bertz CT molecular complexity index is 1450. The summed E-state index contributed by atoms with van der Waals surface area (Å²) in [4.78, 5) is 34.4. The molecule has 1 aliphatic rings. The van der Waals surface area contributed by atoms with Gasteiger partial charge in [0.05, 0.1) is 18.9 Å². The lowest BCUT2D eigenvalue weighted by atomic mass is 10.0. The van der Waals surface area contributed by atoms with E-state index in [1.54, 1.807) is 37.3 Å². The molecule has 38 heavy (non-hydrogen) atoms. The van der Waals surface area contributed by atoms with E-state index in [9.17, 15) is 24.4 Å². The standard InChI is InChI=1S/C23H27N6O8P/c1-4-15-18(30)16(36-21(15)28-12-25-17-19(28)26-23(24)27-20(17)31)11-35-38(34,29(5-2)13(3)22(32)33)37-14-9-7-6-8-10-14/h1,6-10,12-13,15-16,18,21,30H,5,11H2,2-3H3,(H,32,33)(H3,24,26,27,31)/t13?,15-,16-,18+,21-,38-/m1/s1. The van der Waals surface area contributed by atoms with E-state index in [2.05, 4.69) is 20.9 Å². The Balaban J connectivity index is 1.62. The van der Waals surface area contributed by atoms with Gasteiger partial charge in [-0.15, -0.1) is 6.42 Å². The number of likely N-dealkylation sites (N-methyl/N-ethyl adjacent to an activating group) is 1. The molecule has 6 atom stereocenters. The highest BCUT2D eigenvalue weighted by Gasteiger charge is 2.47. The van der Waals surface area contributed by atoms with E-state index >= 15 is 0 Å². The van der Waals surface area contributed by atoms with Crippen LogP contribution in [0.15, 0.2) is 41.5 Å². The van der Waals surface area contributed by atoms with Crippen molar-refractivity contribution >= 4 is 30.8 Å². The number of carboxylic acid groups (broad SMARTS) is 1. The molecule has 3 heterocycles. The number of aliphatic carboxylic acids is 1. The van der Waals surface area contributed by atoms with Gasteiger partial charge in [-0.1, -0.05) is 31.0 Å². The summed E-state index contributed by atoms with van der Waals surface area (Å²) in [5.74, 6) is 0.350. The summed E-state index contributed by atoms with van der Waals surface area (Å²) in [5, 5.41) is 20.5. The van der Waals surface area contributed by atoms with Crippen LogP contribution in [0.3, 0.4) is 0 Å². The number of aliphatic hydroxyl groups excluding tert-OH is 1. The highest BCUT2D eigenvalue weighted by Crippen LogP contribution is 2.53. The molecular weight excluding hydrogens is 519 g/mol. The zero-order valence-corrected chi connectivity index (χ0v) is 21.4. The minimum Gasteiger partial charge on any atom is -0.480 e. The van der Waals surface area contributed by atoms with Crippen molar-refractivity contribution < 1.29 is 33.4 Å². The maximum absolute atomic E-state index is 14.0. The lowest BCUT2D eigenvalue weighted by Crippen LogP contribution is -2.39. The number of hydrogen-bond acceptors (Lipinski definition) is 10. The van der Waals surface area contributed by atoms with Crippen molar-refractivity contribution in [2.24, 2.45) is 5.92 Å². The molecule has 0 bridgehead atoms. The number of ether oxygens (including phenoxy) is 1. The quantitative estimate of drug-likeness (QED) is 0.210. The Morgan fingerprint density at radius 3 is 2.76 bits per heavy atom. The summed E-state index contributed by atoms with van der Waals surface area (Å²) < 4.78 is 33.9. The van der Waals surface area contributed by atoms with E-state index in [4.69, 9.17) is 25.9 Å². The van der Waals surface area contributed by atoms with E-state index in [1.165, 1.54) is 17.8 Å². The first kappa shape index (κ1) is 27.3. The van der Waals surface area contributed by atoms with Gasteiger partial charge >= 0.3 is 13.7 Å². The van der Waals surface area contributed by atoms with Crippen molar-refractivity contribution in [1.82, 2.24) is 24.2 Å². The van der Waals surface area contributed by atoms with Crippen LogP contribution in [-0.2, 0) is 18.6 Å². The molecule has 15 heteroatoms. The predicted molar refractivity (Wildman–Crippen MR) is 135 cm³/mol. The van der Waals surface area contributed by atoms with Crippen LogP contribution in [0.2, 0.25) is 0 Å². The first-order chi connectivity index (χ1) is 18.1. The molecule has 0 amide bonds. The monoisotopic (exact) mass is 546 g/mol. The van der Waals surface area contributed by atoms with E-state index in [0.29, 0.717) is 0 Å². The molecular formula is C23H27N6O8P. The number of imidazole rings is 1. The molecule has 14 nitrogen and oxygen atoms in total. The van der Waals surface area contributed by atoms with Crippen LogP contribution < -0.4 is 15.8 Å². The number of anilines is 1. The third-order valence-electron chi connectivity index (χ3n) is 6.10. The van der Waals surface area contributed by atoms with Crippen molar-refractivity contribution in [3.63, 3.8) is 0 Å². The van der Waals surface area contributed by atoms with Crippen LogP contribution in [0.1, 0.15) is 20.1 Å². The Morgan fingerprint density at radius 2 is 2.13 bits per heavy atom. The van der Waals surface area contributed by atoms with Gasteiger partial charge in [-0.2, -0.15) is 9.65 Å². The van der Waals surface area contributed by atoms with Gasteiger partial charge in [0.1, 0.15) is 24.0 Å². The average molecular weight is 546 g/mol. The molecule has 0 spiro atoms. The number of aromatic amines is 1. The fourth-order valence-electron chi connectivity index (χ4n) is 4.15. The molecule has 0 radical (unpaired) electrons. The molecule has 1 saturated heterocycles. The molecule has 5 N–H and O–H groups in total. The molecule has 3 aromatic rings. The lowest BCUT2D eigenvalue weighted by molar-refractivity contribution is -0.141. The van der Waals surface area contributed by atoms with E-state index in [-0.39, 0.29) is 29.4 Å². The van der Waals surface area contributed by atoms with Gasteiger partial charge in [-0.25, -0.2) is 9.55 Å². The SMILES string of the molecule is C#C[C@@H]1[C@H](O)[C@@H](CO[P@@](=O)(Oc2ccccc2)N(CC)C(C)C(=O)O)O[C@H]1n1cnc2c(=O)[nH]c(N)nc21. The van der Waals surface area contributed by atoms with Crippen molar-refractivity contribution in [1.29, 1.82) is 0 Å². The van der Waals surface area contributed by atoms with Gasteiger partial charge in [-0.05, 0) is 19.1 Å². The summed E-state index contributed by atoms with van der Waals surface area (Å²) >= 11 is 0. The van der Waals surface area contributed by atoms with Crippen molar-refractivity contribution in [2.45, 2.75) is 38.3 Å². The highest BCUT2D eigenvalue weighted by molar-refractivity contribution is 7.51. The maximum Gasteiger partial charge on any atom is 0.462 e. The molecule has 1 aromatic carbocycles. The molecule has 4 rings (SSSR count). The number of terminal acetylenes is 1. The number of rotatable bonds is 10. The van der Waals surface area contributed by atoms with Gasteiger partial charge in [0.25, 0.3) is 5.56 Å². The van der Waals surface area contributed by atoms with Gasteiger partial charge in [0.15, 0.2) is 17.4 Å². The number of carboxylic acids is 1. The van der Waals surface area contributed by atoms with Crippen LogP contribution in [0.5, 0.6) is 5.75 Å². The minimum atomic E-state index is -4.28. The zero-order chi connectivity index (χ0) is 27.6. The van der Waals surface area contributed by atoms with E-state index in [0.717, 1.165) is 4.67 Å². The van der Waals surface area contributed by atoms with Crippen LogP contribution in [-0.4, -0.2) is 71.8 Å². The fourth-order valence-corrected chi connectivity index (χ4v) is 6.05. The topological polar surface area (TPSA) is 195 Å². The Labute approximate surface area is 216 Å². The highest BCUT2D eigenvalue weighted by atomic mass is 31.2. The number of benzene rings is 1. The Hall–Kier alpha value is -3.73. The number of aliphatic hydroxyl groups is 1. The summed E-state index contributed by atoms with van der Waals surface area (Å²) in [5.41, 5.74) is 5.20. The Morgan fingerprint density at radius 1 is 1.42 bits per heavy atom. The van der Waals surface area contributed by atoms with Gasteiger partial charge in [0, 0.05) is 6.54 Å². The van der Waals surface area contributed by atoms with Crippen LogP contribution in [0, 0.1) is 18.3 Å². The number of hydrogen-bond donors (Lipinski definition) is 4. The summed E-state index contributed by atoms with van der Waals surface area (Å²) in [6, 6.07) is 6.92. The fraction of sp³-hybridized carbons (Fsp3) is 0.391. The second kappa shape index (κ2) is 10.9. The average Bonchev–Trinajstić information content (AvgIpc) is 3.44. The van der Waals surface area contributed by atoms with Gasteiger partial charge < -0.3 is 25.2 Å². The number of nitrogens with one attached hydrogen (secondary N) is 1. The molecule has 0 saturated carbocycles. The third kappa shape index (κ3) is 5.15. The van der Waals surface area contributed by atoms with E-state index in [1.807, 2.05) is 0 Å². The summed E-state index contributed by atoms with van der Waals surface area (Å²) in [7, 11) is -4.28. The normalized spacial score (nSPS) is 23.7. The number of fused-ring (bicyclic) bond motifs is 1. The van der Waals surface area contributed by atoms with Crippen molar-refractivity contribution in [3.8, 4) is 18.1 Å².